The summed E-state index contributed by atoms with van der Waals surface area (Å²) in [5.74, 6) is 0. The Kier molecular flexibility index (Phi) is 11.7. The van der Waals surface area contributed by atoms with Gasteiger partial charge in [-0.25, -0.2) is 10.8 Å². The van der Waals surface area contributed by atoms with Crippen molar-refractivity contribution in [3.63, 3.8) is 0 Å². The molecule has 2 aromatic rings. The summed E-state index contributed by atoms with van der Waals surface area (Å²) in [7, 11) is 0. The summed E-state index contributed by atoms with van der Waals surface area (Å²) >= 11 is 20.0. The van der Waals surface area contributed by atoms with Gasteiger partial charge in [-0.2, -0.15) is 9.81 Å². The van der Waals surface area contributed by atoms with E-state index in [1.54, 1.807) is 10.8 Å². The van der Waals surface area contributed by atoms with Gasteiger partial charge in [0.25, 0.3) is 0 Å². The number of benzene rings is 2. The monoisotopic (exact) mass is 474 g/mol. The van der Waals surface area contributed by atoms with Crippen LogP contribution < -0.4 is 0 Å². The van der Waals surface area contributed by atoms with Crippen LogP contribution in [0.5, 0.6) is 0 Å². The topological polar surface area (TPSA) is 0 Å². The van der Waals surface area contributed by atoms with Crippen molar-refractivity contribution < 1.29 is 16.5 Å². The van der Waals surface area contributed by atoms with E-state index < -0.39 is 0 Å². The van der Waals surface area contributed by atoms with Crippen LogP contribution in [0.3, 0.4) is 0 Å². The minimum atomic E-state index is 0. The molecule has 0 fully saturated rings. The van der Waals surface area contributed by atoms with Crippen molar-refractivity contribution in [3.8, 4) is 0 Å². The van der Waals surface area contributed by atoms with Gasteiger partial charge in [0.15, 0.2) is 0 Å². The Hall–Kier alpha value is -0.706. The van der Waals surface area contributed by atoms with Crippen LogP contribution in [-0.2, 0) is 67.0 Å². The third-order valence-corrected chi connectivity index (χ3v) is 5.47. The third kappa shape index (κ3) is 7.32. The fourth-order valence-electron chi connectivity index (χ4n) is 3.26. The molecule has 2 rings (SSSR count). The van der Waals surface area contributed by atoms with Crippen LogP contribution in [0.15, 0.2) is 35.1 Å². The molecule has 2 aromatic carbocycles. The van der Waals surface area contributed by atoms with Crippen LogP contribution in [0.2, 0.25) is 0 Å². The average Bonchev–Trinajstić information content (AvgIpc) is 2.53. The SMILES string of the molecule is Cc1cc(C)c(/C([S-])=C/[S-])c(C)c1.Cc1cc(C)c(/C([S-])=C/[S-])c(C)c1.[Ni]. The summed E-state index contributed by atoms with van der Waals surface area (Å²) in [6, 6.07) is 8.53. The first-order chi connectivity index (χ1) is 12.1. The van der Waals surface area contributed by atoms with Gasteiger partial charge < -0.3 is 50.5 Å². The fourth-order valence-corrected chi connectivity index (χ4v) is 4.13. The third-order valence-electron chi connectivity index (χ3n) is 4.06. The van der Waals surface area contributed by atoms with E-state index in [2.05, 4.69) is 65.8 Å². The van der Waals surface area contributed by atoms with Gasteiger partial charge in [0.1, 0.15) is 0 Å². The molecule has 0 radical (unpaired) electrons. The Morgan fingerprint density at radius 3 is 1.00 bits per heavy atom. The van der Waals surface area contributed by atoms with E-state index in [-0.39, 0.29) is 16.5 Å². The van der Waals surface area contributed by atoms with Gasteiger partial charge in [-0.15, -0.1) is 0 Å². The summed E-state index contributed by atoms with van der Waals surface area (Å²) < 4.78 is 0. The van der Waals surface area contributed by atoms with Crippen LogP contribution >= 0.6 is 0 Å². The molecule has 0 bridgehead atoms. The number of rotatable bonds is 2. The van der Waals surface area contributed by atoms with E-state index in [1.165, 1.54) is 33.4 Å². The van der Waals surface area contributed by atoms with E-state index in [0.717, 1.165) is 20.9 Å². The Labute approximate surface area is 196 Å². The maximum absolute atomic E-state index is 5.18. The minimum absolute atomic E-state index is 0. The van der Waals surface area contributed by atoms with E-state index in [0.29, 0.717) is 0 Å². The molecular formula is C22H24NiS4-4. The zero-order valence-corrected chi connectivity index (χ0v) is 20.7. The van der Waals surface area contributed by atoms with Crippen LogP contribution in [0.1, 0.15) is 44.5 Å². The summed E-state index contributed by atoms with van der Waals surface area (Å²) in [5.41, 5.74) is 9.63. The molecule has 0 aromatic heterocycles. The van der Waals surface area contributed by atoms with Gasteiger partial charge in [0, 0.05) is 16.5 Å². The van der Waals surface area contributed by atoms with Gasteiger partial charge >= 0.3 is 0 Å². The summed E-state index contributed by atoms with van der Waals surface area (Å²) in [4.78, 5) is 1.54. The average molecular weight is 475 g/mol. The molecule has 0 aliphatic carbocycles. The first-order valence-corrected chi connectivity index (χ1v) is 10.0. The smallest absolute Gasteiger partial charge is 0 e. The first-order valence-electron chi connectivity index (χ1n) is 8.27. The second-order valence-electron chi connectivity index (χ2n) is 6.51. The van der Waals surface area contributed by atoms with Gasteiger partial charge in [-0.1, -0.05) is 35.4 Å². The molecule has 0 aliphatic heterocycles. The van der Waals surface area contributed by atoms with Gasteiger partial charge in [-0.05, 0) is 74.9 Å². The quantitative estimate of drug-likeness (QED) is 0.386. The van der Waals surface area contributed by atoms with E-state index in [4.69, 9.17) is 50.5 Å². The van der Waals surface area contributed by atoms with E-state index >= 15 is 0 Å². The zero-order chi connectivity index (χ0) is 20.0. The predicted molar refractivity (Wildman–Crippen MR) is 127 cm³/mol. The minimum Gasteiger partial charge on any atom is -0.789 e. The molecule has 0 saturated heterocycles. The summed E-state index contributed by atoms with van der Waals surface area (Å²) in [5, 5.41) is 3.14. The molecule has 0 unspecified atom stereocenters. The predicted octanol–water partition coefficient (Wildman–Crippen LogP) is 6.01. The summed E-state index contributed by atoms with van der Waals surface area (Å²) in [6.07, 6.45) is 0. The molecule has 0 N–H and O–H groups in total. The molecule has 0 atom stereocenters. The Balaban J connectivity index is 0.000000483. The number of aryl methyl sites for hydroxylation is 6. The molecule has 150 valence electrons. The van der Waals surface area contributed by atoms with Gasteiger partial charge in [0.2, 0.25) is 0 Å². The van der Waals surface area contributed by atoms with Crippen molar-refractivity contribution in [2.45, 2.75) is 41.5 Å². The standard InChI is InChI=1S/2C11H14S2.Ni/c2*1-7-4-8(2)11(9(3)5-7)10(13)6-12;/h2*4-6,12-13H,1-3H3;/p-4/b2*10-6-;. The van der Waals surface area contributed by atoms with Crippen molar-refractivity contribution >= 4 is 60.3 Å². The molecule has 0 spiro atoms. The van der Waals surface area contributed by atoms with Crippen LogP contribution in [0, 0.1) is 41.5 Å². The molecule has 5 heteroatoms. The molecule has 27 heavy (non-hydrogen) atoms. The van der Waals surface area contributed by atoms with E-state index in [1.807, 2.05) is 0 Å². The second-order valence-corrected chi connectivity index (χ2v) is 7.86. The van der Waals surface area contributed by atoms with Crippen molar-refractivity contribution in [2.24, 2.45) is 0 Å². The zero-order valence-electron chi connectivity index (χ0n) is 16.4. The van der Waals surface area contributed by atoms with Crippen molar-refractivity contribution in [1.29, 1.82) is 0 Å². The summed E-state index contributed by atoms with van der Waals surface area (Å²) in [6.45, 7) is 12.5. The Morgan fingerprint density at radius 2 is 0.815 bits per heavy atom. The van der Waals surface area contributed by atoms with Gasteiger partial charge in [0.05, 0.1) is 0 Å². The molecular weight excluding hydrogens is 451 g/mol. The normalized spacial score (nSPS) is 11.3. The molecule has 0 nitrogen and oxygen atoms in total. The molecule has 0 amide bonds. The van der Waals surface area contributed by atoms with Crippen molar-refractivity contribution in [2.75, 3.05) is 0 Å². The van der Waals surface area contributed by atoms with Gasteiger partial charge in [-0.3, -0.25) is 0 Å². The maximum atomic E-state index is 5.18. The van der Waals surface area contributed by atoms with Crippen LogP contribution in [0.25, 0.3) is 9.81 Å². The maximum Gasteiger partial charge on any atom is 0 e. The van der Waals surface area contributed by atoms with Crippen LogP contribution in [0.4, 0.5) is 0 Å². The molecule has 0 saturated carbocycles. The number of hydrogen-bond acceptors (Lipinski definition) is 4. The first kappa shape index (κ1) is 26.3. The number of hydrogen-bond donors (Lipinski definition) is 0. The van der Waals surface area contributed by atoms with Crippen LogP contribution in [-0.4, -0.2) is 0 Å². The Morgan fingerprint density at radius 1 is 0.593 bits per heavy atom. The second kappa shape index (κ2) is 12.0. The Bertz CT molecular complexity index is 734. The molecule has 0 heterocycles. The molecule has 0 aliphatic rings. The van der Waals surface area contributed by atoms with Crippen molar-refractivity contribution in [3.05, 3.63) is 79.6 Å². The van der Waals surface area contributed by atoms with E-state index in [9.17, 15) is 0 Å². The van der Waals surface area contributed by atoms with Crippen molar-refractivity contribution in [1.82, 2.24) is 0 Å². The largest absolute Gasteiger partial charge is 0.789 e. The fraction of sp³-hybridized carbons (Fsp3) is 0.273.